The van der Waals surface area contributed by atoms with Gasteiger partial charge in [0.1, 0.15) is 5.56 Å². The van der Waals surface area contributed by atoms with Gasteiger partial charge in [0.25, 0.3) is 5.91 Å². The average molecular weight is 319 g/mol. The second kappa shape index (κ2) is 7.11. The van der Waals surface area contributed by atoms with Crippen LogP contribution in [0, 0.1) is 30.6 Å². The number of rotatable bonds is 5. The molecule has 3 unspecified atom stereocenters. The van der Waals surface area contributed by atoms with E-state index in [2.05, 4.69) is 37.3 Å². The number of carbonyl (C=O) groups excluding carboxylic acids is 1. The molecule has 0 aliphatic heterocycles. The first-order valence-corrected chi connectivity index (χ1v) is 8.16. The number of carbonyl (C=O) groups is 1. The third-order valence-corrected chi connectivity index (χ3v) is 4.35. The Bertz CT molecular complexity index is 630. The van der Waals surface area contributed by atoms with Crippen molar-refractivity contribution >= 4 is 5.91 Å². The second-order valence-corrected chi connectivity index (χ2v) is 6.83. The van der Waals surface area contributed by atoms with Crippen LogP contribution >= 0.6 is 0 Å². The highest BCUT2D eigenvalue weighted by Gasteiger charge is 2.28. The number of amides is 1. The van der Waals surface area contributed by atoms with Gasteiger partial charge in [-0.05, 0) is 25.2 Å². The van der Waals surface area contributed by atoms with Gasteiger partial charge in [-0.15, -0.1) is 0 Å². The molecule has 0 bridgehead atoms. The minimum atomic E-state index is -0.595. The minimum absolute atomic E-state index is 0.0331. The van der Waals surface area contributed by atoms with Gasteiger partial charge in [0.15, 0.2) is 0 Å². The monoisotopic (exact) mass is 319 g/mol. The molecular weight excluding hydrogens is 293 g/mol. The predicted octanol–water partition coefficient (Wildman–Crippen LogP) is 3.39. The van der Waals surface area contributed by atoms with E-state index >= 15 is 0 Å². The lowest BCUT2D eigenvalue weighted by Gasteiger charge is -2.31. The summed E-state index contributed by atoms with van der Waals surface area (Å²) in [5.74, 6) is 0.244. The zero-order chi connectivity index (χ0) is 17.1. The maximum absolute atomic E-state index is 14.1. The van der Waals surface area contributed by atoms with Crippen molar-refractivity contribution in [2.45, 2.75) is 40.2 Å². The van der Waals surface area contributed by atoms with Gasteiger partial charge in [-0.3, -0.25) is 4.79 Å². The number of allylic oxidation sites excluding steroid dienone is 2. The second-order valence-electron chi connectivity index (χ2n) is 6.83. The molecule has 0 fully saturated rings. The Morgan fingerprint density at radius 2 is 2.00 bits per heavy atom. The largest absolute Gasteiger partial charge is 0.345 e. The van der Waals surface area contributed by atoms with Crippen molar-refractivity contribution in [1.29, 1.82) is 0 Å². The number of nitrogens with one attached hydrogen (secondary N) is 1. The molecule has 126 valence electrons. The predicted molar refractivity (Wildman–Crippen MR) is 89.5 cm³/mol. The van der Waals surface area contributed by atoms with Gasteiger partial charge in [-0.1, -0.05) is 45.1 Å². The topological polar surface area (TPSA) is 46.9 Å². The summed E-state index contributed by atoms with van der Waals surface area (Å²) < 4.78 is 15.2. The molecule has 0 saturated carbocycles. The van der Waals surface area contributed by atoms with Gasteiger partial charge in [-0.25, -0.2) is 4.68 Å². The maximum atomic E-state index is 14.1. The standard InChI is InChI=1S/C18H26FN3O/c1-11(2)10-12(3)14-8-6-7-9-15(14)20-18(23)16-13(4)21-22(5)17(16)19/h6-9,11-12,14-15H,10H2,1-5H3,(H,20,23). The van der Waals surface area contributed by atoms with E-state index in [1.165, 1.54) is 7.05 Å². The molecule has 4 nitrogen and oxygen atoms in total. The fourth-order valence-corrected chi connectivity index (χ4v) is 3.32. The van der Waals surface area contributed by atoms with Crippen LogP contribution in [0.25, 0.3) is 0 Å². The molecule has 1 heterocycles. The van der Waals surface area contributed by atoms with Crippen LogP contribution in [0.3, 0.4) is 0 Å². The number of hydrogen-bond acceptors (Lipinski definition) is 2. The average Bonchev–Trinajstić information content (AvgIpc) is 2.71. The Labute approximate surface area is 137 Å². The van der Waals surface area contributed by atoms with Crippen LogP contribution < -0.4 is 5.32 Å². The summed E-state index contributed by atoms with van der Waals surface area (Å²) in [4.78, 5) is 12.5. The van der Waals surface area contributed by atoms with Gasteiger partial charge in [0.05, 0.1) is 11.7 Å². The number of halogens is 1. The quantitative estimate of drug-likeness (QED) is 0.904. The van der Waals surface area contributed by atoms with Crippen LogP contribution in [0.1, 0.15) is 43.2 Å². The molecular formula is C18H26FN3O. The number of aryl methyl sites for hydroxylation is 2. The van der Waals surface area contributed by atoms with Crippen LogP contribution in [0.15, 0.2) is 24.3 Å². The van der Waals surface area contributed by atoms with E-state index in [-0.39, 0.29) is 17.5 Å². The summed E-state index contributed by atoms with van der Waals surface area (Å²) in [7, 11) is 1.50. The maximum Gasteiger partial charge on any atom is 0.258 e. The van der Waals surface area contributed by atoms with Crippen LogP contribution in [0.2, 0.25) is 0 Å². The minimum Gasteiger partial charge on any atom is -0.345 e. The molecule has 1 amide bonds. The summed E-state index contributed by atoms with van der Waals surface area (Å²) in [6.07, 6.45) is 9.12. The lowest BCUT2D eigenvalue weighted by atomic mass is 9.80. The van der Waals surface area contributed by atoms with Crippen LogP contribution in [-0.4, -0.2) is 21.7 Å². The Morgan fingerprint density at radius 1 is 1.35 bits per heavy atom. The zero-order valence-corrected chi connectivity index (χ0v) is 14.5. The third-order valence-electron chi connectivity index (χ3n) is 4.35. The van der Waals surface area contributed by atoms with Crippen molar-refractivity contribution in [2.24, 2.45) is 24.8 Å². The fraction of sp³-hybridized carbons (Fsp3) is 0.556. The molecule has 2 rings (SSSR count). The first kappa shape index (κ1) is 17.4. The van der Waals surface area contributed by atoms with E-state index in [4.69, 9.17) is 0 Å². The summed E-state index contributed by atoms with van der Waals surface area (Å²) in [6, 6.07) is -0.125. The summed E-state index contributed by atoms with van der Waals surface area (Å²) in [5.41, 5.74) is 0.440. The van der Waals surface area contributed by atoms with E-state index < -0.39 is 11.9 Å². The zero-order valence-electron chi connectivity index (χ0n) is 14.5. The molecule has 1 aliphatic carbocycles. The molecule has 3 atom stereocenters. The summed E-state index contributed by atoms with van der Waals surface area (Å²) in [5, 5.41) is 6.93. The van der Waals surface area contributed by atoms with E-state index in [1.54, 1.807) is 6.92 Å². The highest BCUT2D eigenvalue weighted by atomic mass is 19.1. The molecule has 23 heavy (non-hydrogen) atoms. The van der Waals surface area contributed by atoms with Crippen LogP contribution in [-0.2, 0) is 7.05 Å². The van der Waals surface area contributed by atoms with Gasteiger partial charge in [0.2, 0.25) is 5.95 Å². The van der Waals surface area contributed by atoms with Crippen molar-refractivity contribution in [2.75, 3.05) is 0 Å². The lowest BCUT2D eigenvalue weighted by molar-refractivity contribution is 0.0925. The first-order chi connectivity index (χ1) is 10.8. The SMILES string of the molecule is Cc1nn(C)c(F)c1C(=O)NC1C=CC=CC1C(C)CC(C)C. The number of nitrogens with zero attached hydrogens (tertiary/aromatic N) is 2. The van der Waals surface area contributed by atoms with Crippen LogP contribution in [0.4, 0.5) is 4.39 Å². The molecule has 1 aliphatic rings. The first-order valence-electron chi connectivity index (χ1n) is 8.16. The molecule has 1 N–H and O–H groups in total. The van der Waals surface area contributed by atoms with E-state index in [9.17, 15) is 9.18 Å². The number of hydrogen-bond donors (Lipinski definition) is 1. The summed E-state index contributed by atoms with van der Waals surface area (Å²) >= 11 is 0. The van der Waals surface area contributed by atoms with E-state index in [1.807, 2.05) is 18.2 Å². The van der Waals surface area contributed by atoms with Gasteiger partial charge >= 0.3 is 0 Å². The van der Waals surface area contributed by atoms with Crippen molar-refractivity contribution in [1.82, 2.24) is 15.1 Å². The Morgan fingerprint density at radius 3 is 2.57 bits per heavy atom. The van der Waals surface area contributed by atoms with Gasteiger partial charge in [0, 0.05) is 13.0 Å². The third kappa shape index (κ3) is 3.89. The van der Waals surface area contributed by atoms with Gasteiger partial charge in [-0.2, -0.15) is 9.49 Å². The van der Waals surface area contributed by atoms with E-state index in [0.717, 1.165) is 11.1 Å². The fourth-order valence-electron chi connectivity index (χ4n) is 3.32. The highest BCUT2D eigenvalue weighted by Crippen LogP contribution is 2.27. The normalized spacial score (nSPS) is 21.7. The Hall–Kier alpha value is -1.91. The highest BCUT2D eigenvalue weighted by molar-refractivity contribution is 5.95. The molecule has 0 saturated heterocycles. The van der Waals surface area contributed by atoms with Crippen molar-refractivity contribution < 1.29 is 9.18 Å². The lowest BCUT2D eigenvalue weighted by Crippen LogP contribution is -2.42. The molecule has 1 aromatic rings. The smallest absolute Gasteiger partial charge is 0.258 e. The Kier molecular flexibility index (Phi) is 5.39. The molecule has 0 spiro atoms. The molecule has 0 radical (unpaired) electrons. The molecule has 5 heteroatoms. The van der Waals surface area contributed by atoms with E-state index in [0.29, 0.717) is 17.5 Å². The molecule has 1 aromatic heterocycles. The van der Waals surface area contributed by atoms with Crippen LogP contribution in [0.5, 0.6) is 0 Å². The Balaban J connectivity index is 2.15. The summed E-state index contributed by atoms with van der Waals surface area (Å²) in [6.45, 7) is 8.23. The number of aromatic nitrogens is 2. The van der Waals surface area contributed by atoms with Gasteiger partial charge < -0.3 is 5.32 Å². The van der Waals surface area contributed by atoms with Crippen molar-refractivity contribution in [3.05, 3.63) is 41.5 Å². The van der Waals surface area contributed by atoms with Crippen molar-refractivity contribution in [3.63, 3.8) is 0 Å². The van der Waals surface area contributed by atoms with Crippen molar-refractivity contribution in [3.8, 4) is 0 Å². The molecule has 0 aromatic carbocycles.